The molecule has 0 radical (unpaired) electrons. The Morgan fingerprint density at radius 3 is 2.53 bits per heavy atom. The molecule has 1 saturated heterocycles. The highest BCUT2D eigenvalue weighted by Gasteiger charge is 2.34. The minimum Gasteiger partial charge on any atom is -0.465 e. The number of ether oxygens (including phenoxy) is 1. The first-order valence-corrected chi connectivity index (χ1v) is 6.80. The zero-order valence-corrected chi connectivity index (χ0v) is 11.3. The van der Waals surface area contributed by atoms with Crippen LogP contribution >= 0.6 is 0 Å². The Morgan fingerprint density at radius 1 is 1.32 bits per heavy atom. The van der Waals surface area contributed by atoms with Crippen molar-refractivity contribution >= 4 is 5.97 Å². The Labute approximate surface area is 114 Å². The van der Waals surface area contributed by atoms with Gasteiger partial charge in [0.05, 0.1) is 18.8 Å². The maximum atomic E-state index is 11.4. The van der Waals surface area contributed by atoms with Crippen LogP contribution in [-0.2, 0) is 15.1 Å². The van der Waals surface area contributed by atoms with Gasteiger partial charge < -0.3 is 9.84 Å². The lowest BCUT2D eigenvalue weighted by molar-refractivity contribution is -0.145. The number of nitrogens with zero attached hydrogens (tertiary/aromatic N) is 1. The molecule has 1 aliphatic rings. The van der Waals surface area contributed by atoms with Crippen molar-refractivity contribution < 1.29 is 14.6 Å². The summed E-state index contributed by atoms with van der Waals surface area (Å²) in [7, 11) is 0. The lowest BCUT2D eigenvalue weighted by Crippen LogP contribution is -2.44. The SMILES string of the molecule is CCOC(=O)CN1CCC(O)(c2ccccc2)CC1. The molecule has 0 amide bonds. The molecule has 104 valence electrons. The van der Waals surface area contributed by atoms with Crippen LogP contribution in [0.5, 0.6) is 0 Å². The number of hydrogen-bond acceptors (Lipinski definition) is 4. The number of piperidine rings is 1. The zero-order valence-electron chi connectivity index (χ0n) is 11.3. The summed E-state index contributed by atoms with van der Waals surface area (Å²) in [5.74, 6) is -0.187. The van der Waals surface area contributed by atoms with Crippen LogP contribution < -0.4 is 0 Å². The average Bonchev–Trinajstić information content (AvgIpc) is 2.43. The molecular formula is C15H21NO3. The van der Waals surface area contributed by atoms with E-state index in [4.69, 9.17) is 4.74 Å². The predicted octanol–water partition coefficient (Wildman–Crippen LogP) is 1.53. The van der Waals surface area contributed by atoms with Gasteiger partial charge >= 0.3 is 5.97 Å². The number of carbonyl (C=O) groups excluding carboxylic acids is 1. The molecule has 0 unspecified atom stereocenters. The minimum atomic E-state index is -0.758. The van der Waals surface area contributed by atoms with Crippen LogP contribution in [0.3, 0.4) is 0 Å². The van der Waals surface area contributed by atoms with Gasteiger partial charge in [-0.2, -0.15) is 0 Å². The van der Waals surface area contributed by atoms with Crippen LogP contribution in [0.15, 0.2) is 30.3 Å². The molecule has 0 atom stereocenters. The number of hydrogen-bond donors (Lipinski definition) is 1. The summed E-state index contributed by atoms with van der Waals surface area (Å²) in [6.07, 6.45) is 1.30. The van der Waals surface area contributed by atoms with Gasteiger partial charge in [-0.15, -0.1) is 0 Å². The molecule has 0 saturated carbocycles. The van der Waals surface area contributed by atoms with Gasteiger partial charge in [0.1, 0.15) is 0 Å². The molecule has 1 heterocycles. The Hall–Kier alpha value is -1.39. The minimum absolute atomic E-state index is 0.187. The van der Waals surface area contributed by atoms with Crippen LogP contribution in [0.2, 0.25) is 0 Å². The molecule has 1 aromatic rings. The molecule has 0 spiro atoms. The fourth-order valence-electron chi connectivity index (χ4n) is 2.51. The second-order valence-corrected chi connectivity index (χ2v) is 4.98. The van der Waals surface area contributed by atoms with E-state index in [0.717, 1.165) is 5.56 Å². The van der Waals surface area contributed by atoms with Gasteiger partial charge in [0.15, 0.2) is 0 Å². The van der Waals surface area contributed by atoms with E-state index >= 15 is 0 Å². The quantitative estimate of drug-likeness (QED) is 0.837. The number of aliphatic hydroxyl groups is 1. The van der Waals surface area contributed by atoms with E-state index in [-0.39, 0.29) is 5.97 Å². The third-order valence-electron chi connectivity index (χ3n) is 3.65. The van der Waals surface area contributed by atoms with Crippen molar-refractivity contribution in [3.63, 3.8) is 0 Å². The second-order valence-electron chi connectivity index (χ2n) is 4.98. The molecule has 0 bridgehead atoms. The van der Waals surface area contributed by atoms with E-state index in [1.54, 1.807) is 0 Å². The molecule has 1 fully saturated rings. The first-order chi connectivity index (χ1) is 9.14. The van der Waals surface area contributed by atoms with Gasteiger partial charge in [-0.1, -0.05) is 30.3 Å². The third kappa shape index (κ3) is 3.55. The summed E-state index contributed by atoms with van der Waals surface area (Å²) in [5, 5.41) is 10.7. The van der Waals surface area contributed by atoms with Crippen molar-refractivity contribution in [3.8, 4) is 0 Å². The monoisotopic (exact) mass is 263 g/mol. The Morgan fingerprint density at radius 2 is 1.95 bits per heavy atom. The fourth-order valence-corrected chi connectivity index (χ4v) is 2.51. The van der Waals surface area contributed by atoms with Gasteiger partial charge in [0, 0.05) is 13.1 Å². The molecule has 19 heavy (non-hydrogen) atoms. The van der Waals surface area contributed by atoms with Crippen LogP contribution in [0.25, 0.3) is 0 Å². The maximum Gasteiger partial charge on any atom is 0.320 e. The number of rotatable bonds is 4. The lowest BCUT2D eigenvalue weighted by Gasteiger charge is -2.38. The van der Waals surface area contributed by atoms with E-state index < -0.39 is 5.60 Å². The first kappa shape index (κ1) is 14.0. The standard InChI is InChI=1S/C15H21NO3/c1-2-19-14(17)12-16-10-8-15(18,9-11-16)13-6-4-3-5-7-13/h3-7,18H,2,8-12H2,1H3. The Kier molecular flexibility index (Phi) is 4.56. The van der Waals surface area contributed by atoms with E-state index in [9.17, 15) is 9.90 Å². The topological polar surface area (TPSA) is 49.8 Å². The van der Waals surface area contributed by atoms with Crippen molar-refractivity contribution in [3.05, 3.63) is 35.9 Å². The molecule has 1 aliphatic heterocycles. The Bertz CT molecular complexity index is 411. The van der Waals surface area contributed by atoms with Crippen LogP contribution in [0.1, 0.15) is 25.3 Å². The summed E-state index contributed by atoms with van der Waals surface area (Å²) in [6.45, 7) is 3.97. The van der Waals surface area contributed by atoms with Gasteiger partial charge in [-0.3, -0.25) is 9.69 Å². The van der Waals surface area contributed by atoms with Gasteiger partial charge in [0.2, 0.25) is 0 Å². The molecule has 1 aromatic carbocycles. The van der Waals surface area contributed by atoms with Crippen molar-refractivity contribution in [2.45, 2.75) is 25.4 Å². The summed E-state index contributed by atoms with van der Waals surface area (Å²) >= 11 is 0. The highest BCUT2D eigenvalue weighted by molar-refractivity contribution is 5.71. The first-order valence-electron chi connectivity index (χ1n) is 6.80. The van der Waals surface area contributed by atoms with Crippen molar-refractivity contribution in [2.24, 2.45) is 0 Å². The van der Waals surface area contributed by atoms with Crippen LogP contribution in [0, 0.1) is 0 Å². The molecule has 4 nitrogen and oxygen atoms in total. The highest BCUT2D eigenvalue weighted by atomic mass is 16.5. The highest BCUT2D eigenvalue weighted by Crippen LogP contribution is 2.32. The smallest absolute Gasteiger partial charge is 0.320 e. The molecule has 4 heteroatoms. The molecule has 2 rings (SSSR count). The molecular weight excluding hydrogens is 242 g/mol. The fraction of sp³-hybridized carbons (Fsp3) is 0.533. The number of likely N-dealkylation sites (tertiary alicyclic amines) is 1. The van der Waals surface area contributed by atoms with Crippen molar-refractivity contribution in [1.29, 1.82) is 0 Å². The van der Waals surface area contributed by atoms with Crippen molar-refractivity contribution in [2.75, 3.05) is 26.2 Å². The summed E-state index contributed by atoms with van der Waals surface area (Å²) in [4.78, 5) is 13.5. The van der Waals surface area contributed by atoms with Gasteiger partial charge in [-0.05, 0) is 25.3 Å². The van der Waals surface area contributed by atoms with E-state index in [0.29, 0.717) is 39.1 Å². The van der Waals surface area contributed by atoms with Crippen molar-refractivity contribution in [1.82, 2.24) is 4.90 Å². The predicted molar refractivity (Wildman–Crippen MR) is 72.6 cm³/mol. The largest absolute Gasteiger partial charge is 0.465 e. The summed E-state index contributed by atoms with van der Waals surface area (Å²) in [6, 6.07) is 9.75. The van der Waals surface area contributed by atoms with Crippen LogP contribution in [0.4, 0.5) is 0 Å². The lowest BCUT2D eigenvalue weighted by atomic mass is 9.84. The van der Waals surface area contributed by atoms with Gasteiger partial charge in [-0.25, -0.2) is 0 Å². The number of carbonyl (C=O) groups is 1. The summed E-state index contributed by atoms with van der Waals surface area (Å²) < 4.78 is 4.94. The third-order valence-corrected chi connectivity index (χ3v) is 3.65. The van der Waals surface area contributed by atoms with Crippen LogP contribution in [-0.4, -0.2) is 42.2 Å². The number of benzene rings is 1. The second kappa shape index (κ2) is 6.17. The molecule has 1 N–H and O–H groups in total. The summed E-state index contributed by atoms with van der Waals surface area (Å²) in [5.41, 5.74) is 0.206. The normalized spacial score (nSPS) is 19.1. The molecule has 0 aromatic heterocycles. The Balaban J connectivity index is 1.90. The van der Waals surface area contributed by atoms with E-state index in [1.165, 1.54) is 0 Å². The zero-order chi connectivity index (χ0) is 13.7. The maximum absolute atomic E-state index is 11.4. The molecule has 0 aliphatic carbocycles. The number of esters is 1. The van der Waals surface area contributed by atoms with E-state index in [1.807, 2.05) is 42.2 Å². The average molecular weight is 263 g/mol. The van der Waals surface area contributed by atoms with E-state index in [2.05, 4.69) is 0 Å². The van der Waals surface area contributed by atoms with Gasteiger partial charge in [0.25, 0.3) is 0 Å².